The van der Waals surface area contributed by atoms with Crippen molar-refractivity contribution in [3.05, 3.63) is 76.1 Å². The molecule has 1 heterocycles. The number of aryl methyl sites for hydroxylation is 2. The van der Waals surface area contributed by atoms with Crippen LogP contribution in [-0.2, 0) is 20.9 Å². The van der Waals surface area contributed by atoms with Crippen LogP contribution in [0.3, 0.4) is 0 Å². The van der Waals surface area contributed by atoms with Gasteiger partial charge in [-0.2, -0.15) is 5.10 Å². The van der Waals surface area contributed by atoms with E-state index in [1.54, 1.807) is 29.8 Å². The molecule has 0 aliphatic heterocycles. The van der Waals surface area contributed by atoms with Gasteiger partial charge >= 0.3 is 5.97 Å². The number of esters is 1. The fourth-order valence-electron chi connectivity index (χ4n) is 3.16. The molecule has 0 spiro atoms. The first-order valence-corrected chi connectivity index (χ1v) is 10.8. The molecule has 0 bridgehead atoms. The molecule has 178 valence electrons. The number of carbonyl (C=O) groups excluding carboxylic acids is 2. The number of ether oxygens (including phenoxy) is 3. The molecule has 0 fully saturated rings. The highest BCUT2D eigenvalue weighted by Gasteiger charge is 2.13. The van der Waals surface area contributed by atoms with E-state index in [-0.39, 0.29) is 0 Å². The maximum atomic E-state index is 12.2. The van der Waals surface area contributed by atoms with Gasteiger partial charge in [0.1, 0.15) is 16.7 Å². The van der Waals surface area contributed by atoms with Crippen LogP contribution in [0.1, 0.15) is 22.4 Å². The molecule has 1 aromatic heterocycles. The summed E-state index contributed by atoms with van der Waals surface area (Å²) in [6, 6.07) is 13.1. The summed E-state index contributed by atoms with van der Waals surface area (Å²) in [4.78, 5) is 24.4. The van der Waals surface area contributed by atoms with Crippen LogP contribution in [0.15, 0.2) is 48.5 Å². The number of nitrogens with zero attached hydrogens (tertiary/aromatic N) is 2. The van der Waals surface area contributed by atoms with Crippen LogP contribution < -0.4 is 14.8 Å². The quantitative estimate of drug-likeness (QED) is 0.358. The molecule has 0 aliphatic rings. The van der Waals surface area contributed by atoms with E-state index in [2.05, 4.69) is 10.4 Å². The molecule has 0 saturated heterocycles. The Balaban J connectivity index is 1.58. The molecule has 9 heteroatoms. The maximum Gasteiger partial charge on any atom is 0.331 e. The summed E-state index contributed by atoms with van der Waals surface area (Å²) in [7, 11) is 3.00. The minimum Gasteiger partial charge on any atom is -0.497 e. The monoisotopic (exact) mass is 483 g/mol. The number of carbonyl (C=O) groups is 2. The molecule has 1 amide bonds. The molecule has 0 unspecified atom stereocenters. The maximum absolute atomic E-state index is 12.2. The lowest BCUT2D eigenvalue weighted by Crippen LogP contribution is -2.20. The predicted octanol–water partition coefficient (Wildman–Crippen LogP) is 4.41. The summed E-state index contributed by atoms with van der Waals surface area (Å²) in [5.74, 6) is -0.206. The molecule has 1 N–H and O–H groups in total. The Kier molecular flexibility index (Phi) is 8.32. The van der Waals surface area contributed by atoms with Crippen molar-refractivity contribution in [1.29, 1.82) is 0 Å². The van der Waals surface area contributed by atoms with E-state index in [4.69, 9.17) is 25.8 Å². The van der Waals surface area contributed by atoms with Gasteiger partial charge in [-0.15, -0.1) is 0 Å². The lowest BCUT2D eigenvalue weighted by atomic mass is 10.1. The van der Waals surface area contributed by atoms with E-state index >= 15 is 0 Å². The van der Waals surface area contributed by atoms with Crippen LogP contribution in [-0.4, -0.2) is 42.5 Å². The van der Waals surface area contributed by atoms with Crippen LogP contribution in [0, 0.1) is 13.8 Å². The Morgan fingerprint density at radius 1 is 1.09 bits per heavy atom. The molecule has 34 heavy (non-hydrogen) atoms. The van der Waals surface area contributed by atoms with E-state index in [1.807, 2.05) is 31.2 Å². The molecule has 3 aromatic rings. The molecular formula is C25H26ClN3O5. The number of halogens is 1. The number of hydrogen-bond acceptors (Lipinski definition) is 6. The molecular weight excluding hydrogens is 458 g/mol. The smallest absolute Gasteiger partial charge is 0.331 e. The molecule has 0 saturated carbocycles. The fourth-order valence-corrected chi connectivity index (χ4v) is 3.46. The summed E-state index contributed by atoms with van der Waals surface area (Å²) < 4.78 is 17.1. The Bertz CT molecular complexity index is 1200. The van der Waals surface area contributed by atoms with Gasteiger partial charge in [-0.25, -0.2) is 9.48 Å². The highest BCUT2D eigenvalue weighted by atomic mass is 35.5. The van der Waals surface area contributed by atoms with Gasteiger partial charge in [0.25, 0.3) is 5.91 Å². The van der Waals surface area contributed by atoms with E-state index in [0.29, 0.717) is 40.1 Å². The molecule has 2 aromatic carbocycles. The van der Waals surface area contributed by atoms with Gasteiger partial charge in [0.15, 0.2) is 6.61 Å². The third-order valence-corrected chi connectivity index (χ3v) is 5.37. The molecule has 0 atom stereocenters. The third-order valence-electron chi connectivity index (χ3n) is 4.97. The highest BCUT2D eigenvalue weighted by molar-refractivity contribution is 6.31. The molecule has 3 rings (SSSR count). The first-order chi connectivity index (χ1) is 16.3. The number of amides is 1. The minimum absolute atomic E-state index is 0.404. The first kappa shape index (κ1) is 24.9. The van der Waals surface area contributed by atoms with Crippen molar-refractivity contribution in [2.24, 2.45) is 0 Å². The number of methoxy groups -OCH3 is 2. The second kappa shape index (κ2) is 11.4. The third kappa shape index (κ3) is 6.39. The Morgan fingerprint density at radius 3 is 2.50 bits per heavy atom. The van der Waals surface area contributed by atoms with Crippen molar-refractivity contribution in [3.63, 3.8) is 0 Å². The fraction of sp³-hybridized carbons (Fsp3) is 0.240. The largest absolute Gasteiger partial charge is 0.497 e. The van der Waals surface area contributed by atoms with Gasteiger partial charge in [-0.3, -0.25) is 4.79 Å². The Hall–Kier alpha value is -3.78. The average Bonchev–Trinajstić information content (AvgIpc) is 3.09. The van der Waals surface area contributed by atoms with E-state index in [0.717, 1.165) is 5.56 Å². The lowest BCUT2D eigenvalue weighted by Gasteiger charge is -2.11. The van der Waals surface area contributed by atoms with Crippen molar-refractivity contribution >= 4 is 35.2 Å². The standard InChI is InChI=1S/C25H26ClN3O5/c1-16-5-7-18(8-6-16)14-29-25(26)20(17(2)28-29)10-12-24(31)34-15-23(30)27-21-13-19(32-3)9-11-22(21)33-4/h5-13H,14-15H2,1-4H3,(H,27,30)/b12-10+. The first-order valence-electron chi connectivity index (χ1n) is 10.5. The van der Waals surface area contributed by atoms with Crippen LogP contribution >= 0.6 is 11.6 Å². The van der Waals surface area contributed by atoms with Gasteiger partial charge in [0, 0.05) is 17.7 Å². The average molecular weight is 484 g/mol. The summed E-state index contributed by atoms with van der Waals surface area (Å²) >= 11 is 6.48. The topological polar surface area (TPSA) is 91.7 Å². The number of nitrogens with one attached hydrogen (secondary N) is 1. The van der Waals surface area contributed by atoms with Crippen LogP contribution in [0.25, 0.3) is 6.08 Å². The summed E-state index contributed by atoms with van der Waals surface area (Å²) in [5.41, 5.74) is 3.91. The summed E-state index contributed by atoms with van der Waals surface area (Å²) in [6.45, 7) is 3.86. The molecule has 8 nitrogen and oxygen atoms in total. The zero-order valence-electron chi connectivity index (χ0n) is 19.4. The Labute approximate surface area is 203 Å². The van der Waals surface area contributed by atoms with Crippen LogP contribution in [0.5, 0.6) is 11.5 Å². The van der Waals surface area contributed by atoms with Gasteiger partial charge in [-0.1, -0.05) is 41.4 Å². The second-order valence-electron chi connectivity index (χ2n) is 7.49. The zero-order valence-corrected chi connectivity index (χ0v) is 20.2. The minimum atomic E-state index is -0.686. The number of rotatable bonds is 9. The summed E-state index contributed by atoms with van der Waals surface area (Å²) in [5, 5.41) is 7.49. The van der Waals surface area contributed by atoms with E-state index in [9.17, 15) is 9.59 Å². The molecule has 0 radical (unpaired) electrons. The molecule has 0 aliphatic carbocycles. The number of hydrogen-bond donors (Lipinski definition) is 1. The zero-order chi connectivity index (χ0) is 24.7. The van der Waals surface area contributed by atoms with Gasteiger partial charge in [0.05, 0.1) is 32.1 Å². The highest BCUT2D eigenvalue weighted by Crippen LogP contribution is 2.28. The van der Waals surface area contributed by atoms with Crippen molar-refractivity contribution in [2.75, 3.05) is 26.1 Å². The second-order valence-corrected chi connectivity index (χ2v) is 7.85. The van der Waals surface area contributed by atoms with Crippen LogP contribution in [0.2, 0.25) is 5.15 Å². The number of aromatic nitrogens is 2. The van der Waals surface area contributed by atoms with Crippen molar-refractivity contribution in [3.8, 4) is 11.5 Å². The van der Waals surface area contributed by atoms with Gasteiger partial charge in [0.2, 0.25) is 0 Å². The van der Waals surface area contributed by atoms with Gasteiger partial charge < -0.3 is 19.5 Å². The SMILES string of the molecule is COc1ccc(OC)c(NC(=O)COC(=O)/C=C/c2c(C)nn(Cc3ccc(C)cc3)c2Cl)c1. The predicted molar refractivity (Wildman–Crippen MR) is 130 cm³/mol. The Morgan fingerprint density at radius 2 is 1.82 bits per heavy atom. The van der Waals surface area contributed by atoms with Crippen molar-refractivity contribution in [2.45, 2.75) is 20.4 Å². The summed E-state index contributed by atoms with van der Waals surface area (Å²) in [6.07, 6.45) is 2.74. The normalized spacial score (nSPS) is 10.9. The van der Waals surface area contributed by atoms with Crippen LogP contribution in [0.4, 0.5) is 5.69 Å². The number of anilines is 1. The number of benzene rings is 2. The van der Waals surface area contributed by atoms with Gasteiger partial charge in [-0.05, 0) is 37.6 Å². The van der Waals surface area contributed by atoms with E-state index < -0.39 is 18.5 Å². The van der Waals surface area contributed by atoms with E-state index in [1.165, 1.54) is 31.9 Å². The van der Waals surface area contributed by atoms with Crippen molar-refractivity contribution < 1.29 is 23.8 Å². The van der Waals surface area contributed by atoms with Crippen molar-refractivity contribution in [1.82, 2.24) is 9.78 Å². The lowest BCUT2D eigenvalue weighted by molar-refractivity contribution is -0.142.